The molecule has 0 radical (unpaired) electrons. The average Bonchev–Trinajstić information content (AvgIpc) is 2.36. The number of benzene rings is 1. The van der Waals surface area contributed by atoms with Crippen molar-refractivity contribution in [2.24, 2.45) is 5.92 Å². The number of rotatable bonds is 7. The number of hydrogen-bond acceptors (Lipinski definition) is 2. The van der Waals surface area contributed by atoms with Crippen LogP contribution in [-0.2, 0) is 5.41 Å². The van der Waals surface area contributed by atoms with Gasteiger partial charge >= 0.3 is 0 Å². The molecule has 0 bridgehead atoms. The summed E-state index contributed by atoms with van der Waals surface area (Å²) in [6.07, 6.45) is 0.796. The Balaban J connectivity index is 2.49. The molecule has 0 spiro atoms. The first-order chi connectivity index (χ1) is 8.83. The summed E-state index contributed by atoms with van der Waals surface area (Å²) in [6.45, 7) is 11.5. The van der Waals surface area contributed by atoms with Crippen LogP contribution in [0, 0.1) is 5.92 Å². The van der Waals surface area contributed by atoms with Crippen molar-refractivity contribution in [3.05, 3.63) is 35.9 Å². The summed E-state index contributed by atoms with van der Waals surface area (Å²) in [5.41, 5.74) is 1.52. The van der Waals surface area contributed by atoms with E-state index in [4.69, 9.17) is 0 Å². The Morgan fingerprint density at radius 1 is 1.11 bits per heavy atom. The van der Waals surface area contributed by atoms with Gasteiger partial charge < -0.3 is 10.4 Å². The zero-order valence-electron chi connectivity index (χ0n) is 13.0. The zero-order chi connectivity index (χ0) is 14.5. The number of aliphatic hydroxyl groups excluding tert-OH is 1. The highest BCUT2D eigenvalue weighted by Gasteiger charge is 2.23. The SMILES string of the molecule is CC(CC(C)(C)c1ccccc1)NCC(O)C(C)C. The molecule has 2 N–H and O–H groups in total. The van der Waals surface area contributed by atoms with Crippen molar-refractivity contribution in [2.75, 3.05) is 6.54 Å². The molecule has 0 amide bonds. The molecule has 2 unspecified atom stereocenters. The van der Waals surface area contributed by atoms with Gasteiger partial charge in [0, 0.05) is 12.6 Å². The van der Waals surface area contributed by atoms with Gasteiger partial charge in [-0.15, -0.1) is 0 Å². The largest absolute Gasteiger partial charge is 0.392 e. The van der Waals surface area contributed by atoms with Crippen LogP contribution in [0.15, 0.2) is 30.3 Å². The number of hydrogen-bond donors (Lipinski definition) is 2. The molecule has 2 nitrogen and oxygen atoms in total. The predicted molar refractivity (Wildman–Crippen MR) is 82.4 cm³/mol. The minimum atomic E-state index is -0.262. The molecule has 0 aromatic heterocycles. The molecule has 2 atom stereocenters. The van der Waals surface area contributed by atoms with Crippen LogP contribution in [0.25, 0.3) is 0 Å². The van der Waals surface area contributed by atoms with E-state index in [1.54, 1.807) is 0 Å². The van der Waals surface area contributed by atoms with Crippen LogP contribution >= 0.6 is 0 Å². The van der Waals surface area contributed by atoms with Gasteiger partial charge in [0.15, 0.2) is 0 Å². The Kier molecular flexibility index (Phi) is 6.02. The van der Waals surface area contributed by atoms with Gasteiger partial charge in [-0.1, -0.05) is 58.0 Å². The Bertz CT molecular complexity index is 359. The highest BCUT2D eigenvalue weighted by molar-refractivity contribution is 5.23. The highest BCUT2D eigenvalue weighted by atomic mass is 16.3. The Hall–Kier alpha value is -0.860. The quantitative estimate of drug-likeness (QED) is 0.790. The van der Waals surface area contributed by atoms with E-state index in [2.05, 4.69) is 56.4 Å². The van der Waals surface area contributed by atoms with E-state index in [-0.39, 0.29) is 11.5 Å². The molecular weight excluding hydrogens is 234 g/mol. The lowest BCUT2D eigenvalue weighted by molar-refractivity contribution is 0.119. The smallest absolute Gasteiger partial charge is 0.0687 e. The maximum absolute atomic E-state index is 9.83. The first kappa shape index (κ1) is 16.2. The Morgan fingerprint density at radius 2 is 1.68 bits per heavy atom. The zero-order valence-corrected chi connectivity index (χ0v) is 13.0. The normalized spacial score (nSPS) is 15.5. The fraction of sp³-hybridized carbons (Fsp3) is 0.647. The highest BCUT2D eigenvalue weighted by Crippen LogP contribution is 2.28. The summed E-state index contributed by atoms with van der Waals surface area (Å²) in [5.74, 6) is 0.307. The molecule has 0 saturated heterocycles. The molecular formula is C17H29NO. The minimum absolute atomic E-state index is 0.149. The second kappa shape index (κ2) is 7.06. The molecule has 1 aromatic rings. The fourth-order valence-electron chi connectivity index (χ4n) is 2.40. The molecule has 0 heterocycles. The molecule has 19 heavy (non-hydrogen) atoms. The maximum Gasteiger partial charge on any atom is 0.0687 e. The van der Waals surface area contributed by atoms with Crippen molar-refractivity contribution in [3.63, 3.8) is 0 Å². The lowest BCUT2D eigenvalue weighted by Crippen LogP contribution is -2.39. The lowest BCUT2D eigenvalue weighted by Gasteiger charge is -2.30. The summed E-state index contributed by atoms with van der Waals surface area (Å²) in [5, 5.41) is 13.3. The van der Waals surface area contributed by atoms with E-state index in [9.17, 15) is 5.11 Å². The summed E-state index contributed by atoms with van der Waals surface area (Å²) < 4.78 is 0. The molecule has 0 aliphatic rings. The van der Waals surface area contributed by atoms with Crippen LogP contribution in [0.5, 0.6) is 0 Å². The second-order valence-electron chi connectivity index (χ2n) is 6.57. The van der Waals surface area contributed by atoms with E-state index in [1.807, 2.05) is 13.8 Å². The molecule has 0 fully saturated rings. The van der Waals surface area contributed by atoms with Gasteiger partial charge in [-0.05, 0) is 30.2 Å². The van der Waals surface area contributed by atoms with Gasteiger partial charge in [0.05, 0.1) is 6.10 Å². The standard InChI is InChI=1S/C17H29NO/c1-13(2)16(19)12-18-14(3)11-17(4,5)15-9-7-6-8-10-15/h6-10,13-14,16,18-19H,11-12H2,1-5H3. The van der Waals surface area contributed by atoms with E-state index in [0.717, 1.165) is 6.42 Å². The molecule has 1 aromatic carbocycles. The first-order valence-electron chi connectivity index (χ1n) is 7.30. The van der Waals surface area contributed by atoms with Crippen LogP contribution in [0.3, 0.4) is 0 Å². The summed E-state index contributed by atoms with van der Waals surface area (Å²) >= 11 is 0. The van der Waals surface area contributed by atoms with Crippen molar-refractivity contribution < 1.29 is 5.11 Å². The molecule has 0 aliphatic heterocycles. The predicted octanol–water partition coefficient (Wildman–Crippen LogP) is 3.35. The fourth-order valence-corrected chi connectivity index (χ4v) is 2.40. The van der Waals surface area contributed by atoms with E-state index >= 15 is 0 Å². The minimum Gasteiger partial charge on any atom is -0.392 e. The van der Waals surface area contributed by atoms with Crippen molar-refractivity contribution in [1.29, 1.82) is 0 Å². The van der Waals surface area contributed by atoms with Gasteiger partial charge in [0.1, 0.15) is 0 Å². The van der Waals surface area contributed by atoms with Crippen molar-refractivity contribution >= 4 is 0 Å². The van der Waals surface area contributed by atoms with Gasteiger partial charge in [-0.2, -0.15) is 0 Å². The summed E-state index contributed by atoms with van der Waals surface area (Å²) in [7, 11) is 0. The third-order valence-corrected chi connectivity index (χ3v) is 3.82. The second-order valence-corrected chi connectivity index (χ2v) is 6.57. The van der Waals surface area contributed by atoms with Crippen LogP contribution in [0.4, 0.5) is 0 Å². The molecule has 0 saturated carbocycles. The summed E-state index contributed by atoms with van der Waals surface area (Å²) in [6, 6.07) is 11.0. The monoisotopic (exact) mass is 263 g/mol. The summed E-state index contributed by atoms with van der Waals surface area (Å²) in [4.78, 5) is 0. The molecule has 1 rings (SSSR count). The molecule has 0 aliphatic carbocycles. The van der Waals surface area contributed by atoms with E-state index in [1.165, 1.54) is 5.56 Å². The molecule has 2 heteroatoms. The topological polar surface area (TPSA) is 32.3 Å². The Labute approximate surface area is 118 Å². The average molecular weight is 263 g/mol. The third-order valence-electron chi connectivity index (χ3n) is 3.82. The van der Waals surface area contributed by atoms with Crippen molar-refractivity contribution in [1.82, 2.24) is 5.32 Å². The van der Waals surface area contributed by atoms with Gasteiger partial charge in [0.2, 0.25) is 0 Å². The first-order valence-corrected chi connectivity index (χ1v) is 7.30. The van der Waals surface area contributed by atoms with Crippen molar-refractivity contribution in [3.8, 4) is 0 Å². The number of nitrogens with one attached hydrogen (secondary N) is 1. The Morgan fingerprint density at radius 3 is 2.21 bits per heavy atom. The van der Waals surface area contributed by atoms with Gasteiger partial charge in [-0.3, -0.25) is 0 Å². The number of aliphatic hydroxyl groups is 1. The maximum atomic E-state index is 9.83. The van der Waals surface area contributed by atoms with E-state index < -0.39 is 0 Å². The van der Waals surface area contributed by atoms with Crippen molar-refractivity contribution in [2.45, 2.75) is 58.6 Å². The van der Waals surface area contributed by atoms with Gasteiger partial charge in [0.25, 0.3) is 0 Å². The lowest BCUT2D eigenvalue weighted by atomic mass is 9.79. The van der Waals surface area contributed by atoms with Crippen LogP contribution in [0.2, 0.25) is 0 Å². The van der Waals surface area contributed by atoms with Crippen LogP contribution < -0.4 is 5.32 Å². The third kappa shape index (κ3) is 5.33. The molecule has 108 valence electrons. The van der Waals surface area contributed by atoms with Crippen LogP contribution in [-0.4, -0.2) is 23.8 Å². The van der Waals surface area contributed by atoms with Crippen LogP contribution in [0.1, 0.15) is 46.6 Å². The van der Waals surface area contributed by atoms with Gasteiger partial charge in [-0.25, -0.2) is 0 Å². The van der Waals surface area contributed by atoms with E-state index in [0.29, 0.717) is 18.5 Å².